The Morgan fingerprint density at radius 2 is 1.81 bits per heavy atom. The summed E-state index contributed by atoms with van der Waals surface area (Å²) >= 11 is 1.69. The second-order valence-electron chi connectivity index (χ2n) is 7.46. The van der Waals surface area contributed by atoms with Crippen molar-refractivity contribution in [1.29, 1.82) is 0 Å². The van der Waals surface area contributed by atoms with E-state index < -0.39 is 0 Å². The Kier molecular flexibility index (Phi) is 4.91. The summed E-state index contributed by atoms with van der Waals surface area (Å²) in [7, 11) is 3.38. The van der Waals surface area contributed by atoms with Gasteiger partial charge in [0.25, 0.3) is 0 Å². The molecule has 0 N–H and O–H groups in total. The van der Waals surface area contributed by atoms with Crippen molar-refractivity contribution in [3.05, 3.63) is 52.9 Å². The quantitative estimate of drug-likeness (QED) is 0.444. The third-order valence-electron chi connectivity index (χ3n) is 5.95. The first-order chi connectivity index (χ1) is 14.8. The van der Waals surface area contributed by atoms with Crippen LogP contribution in [0.1, 0.15) is 5.56 Å². The zero-order chi connectivity index (χ0) is 20.2. The van der Waals surface area contributed by atoms with Gasteiger partial charge in [0.2, 0.25) is 12.5 Å². The standard InChI is InChI=1S/C24H20NO4S.ClH/c1-26-23-9-16(15-4-6-30-12-15)18-8-20-17-10-22-21(28-13-29-22)7-14(17)3-5-25(20)11-19(18)24(23)27-2;/h4,6-12H,3,5,13H2,1-2H3;1H/q+1;/p-1. The van der Waals surface area contributed by atoms with Crippen LogP contribution in [0.2, 0.25) is 0 Å². The van der Waals surface area contributed by atoms with Gasteiger partial charge in [-0.1, -0.05) is 0 Å². The number of aromatic nitrogens is 1. The molecule has 7 heteroatoms. The van der Waals surface area contributed by atoms with Crippen LogP contribution >= 0.6 is 11.3 Å². The average Bonchev–Trinajstić information content (AvgIpc) is 3.47. The van der Waals surface area contributed by atoms with Gasteiger partial charge in [-0.25, -0.2) is 0 Å². The maximum absolute atomic E-state index is 5.77. The number of methoxy groups -OCH3 is 2. The van der Waals surface area contributed by atoms with Crippen molar-refractivity contribution in [2.75, 3.05) is 21.0 Å². The number of halogens is 1. The minimum atomic E-state index is 0. The predicted octanol–water partition coefficient (Wildman–Crippen LogP) is 1.83. The summed E-state index contributed by atoms with van der Waals surface area (Å²) in [6, 6.07) is 10.7. The number of rotatable bonds is 3. The molecule has 0 fully saturated rings. The second kappa shape index (κ2) is 7.62. The maximum atomic E-state index is 5.77. The van der Waals surface area contributed by atoms with Gasteiger partial charge in [0, 0.05) is 17.9 Å². The van der Waals surface area contributed by atoms with E-state index in [4.69, 9.17) is 18.9 Å². The fraction of sp³-hybridized carbons (Fsp3) is 0.208. The van der Waals surface area contributed by atoms with Gasteiger partial charge in [-0.2, -0.15) is 15.9 Å². The van der Waals surface area contributed by atoms with Gasteiger partial charge in [-0.05, 0) is 51.7 Å². The Morgan fingerprint density at radius 1 is 0.968 bits per heavy atom. The Labute approximate surface area is 190 Å². The summed E-state index contributed by atoms with van der Waals surface area (Å²) in [6.07, 6.45) is 3.13. The van der Waals surface area contributed by atoms with Crippen molar-refractivity contribution < 1.29 is 35.9 Å². The number of hydrogen-bond acceptors (Lipinski definition) is 5. The lowest BCUT2D eigenvalue weighted by molar-refractivity contribution is -0.686. The topological polar surface area (TPSA) is 40.8 Å². The molecule has 0 spiro atoms. The van der Waals surface area contributed by atoms with Crippen LogP contribution < -0.4 is 35.9 Å². The molecule has 2 aromatic carbocycles. The van der Waals surface area contributed by atoms with E-state index in [0.717, 1.165) is 52.3 Å². The van der Waals surface area contributed by atoms with Crippen molar-refractivity contribution in [2.24, 2.45) is 0 Å². The molecule has 2 aliphatic heterocycles. The lowest BCUT2D eigenvalue weighted by atomic mass is 9.93. The maximum Gasteiger partial charge on any atom is 0.231 e. The Hall–Kier alpha value is -2.96. The summed E-state index contributed by atoms with van der Waals surface area (Å²) in [6.45, 7) is 1.18. The lowest BCUT2D eigenvalue weighted by Crippen LogP contribution is -3.00. The van der Waals surface area contributed by atoms with Crippen LogP contribution in [0.4, 0.5) is 0 Å². The van der Waals surface area contributed by atoms with Crippen molar-refractivity contribution >= 4 is 22.1 Å². The highest BCUT2D eigenvalue weighted by Crippen LogP contribution is 2.45. The van der Waals surface area contributed by atoms with E-state index in [-0.39, 0.29) is 19.2 Å². The Morgan fingerprint density at radius 3 is 2.55 bits per heavy atom. The lowest BCUT2D eigenvalue weighted by Gasteiger charge is -2.19. The van der Waals surface area contributed by atoms with Crippen LogP contribution in [0.15, 0.2) is 47.3 Å². The van der Waals surface area contributed by atoms with E-state index in [0.29, 0.717) is 0 Å². The van der Waals surface area contributed by atoms with Gasteiger partial charge in [-0.15, -0.1) is 0 Å². The van der Waals surface area contributed by atoms with Gasteiger partial charge < -0.3 is 31.4 Å². The van der Waals surface area contributed by atoms with E-state index in [9.17, 15) is 0 Å². The van der Waals surface area contributed by atoms with Crippen LogP contribution in [-0.2, 0) is 13.0 Å². The molecule has 0 radical (unpaired) electrons. The number of aryl methyl sites for hydroxylation is 2. The number of thiophene rings is 1. The van der Waals surface area contributed by atoms with Gasteiger partial charge in [-0.3, -0.25) is 0 Å². The van der Waals surface area contributed by atoms with E-state index in [2.05, 4.69) is 51.9 Å². The van der Waals surface area contributed by atoms with Crippen LogP contribution in [0.5, 0.6) is 23.0 Å². The minimum absolute atomic E-state index is 0. The van der Waals surface area contributed by atoms with Crippen LogP contribution in [0.3, 0.4) is 0 Å². The highest BCUT2D eigenvalue weighted by Gasteiger charge is 2.29. The molecule has 2 aromatic heterocycles. The van der Waals surface area contributed by atoms with Crippen molar-refractivity contribution in [1.82, 2.24) is 0 Å². The third kappa shape index (κ3) is 3.01. The Bertz CT molecular complexity index is 1300. The van der Waals surface area contributed by atoms with E-state index in [1.54, 1.807) is 25.6 Å². The molecule has 0 unspecified atom stereocenters. The number of pyridine rings is 1. The molecule has 158 valence electrons. The molecule has 0 amide bonds. The summed E-state index contributed by atoms with van der Waals surface area (Å²) in [5, 5.41) is 6.45. The SMILES string of the molecule is COc1cc(-c2ccsc2)c2cc3[n+](cc2c1OC)CCc1cc2c(cc1-3)OCO2.[Cl-]. The van der Waals surface area contributed by atoms with Gasteiger partial charge in [0.15, 0.2) is 35.7 Å². The highest BCUT2D eigenvalue weighted by atomic mass is 35.5. The largest absolute Gasteiger partial charge is 1.00 e. The molecule has 0 saturated carbocycles. The molecule has 6 rings (SSSR count). The summed E-state index contributed by atoms with van der Waals surface area (Å²) < 4.78 is 25.0. The Balaban J connectivity index is 0.00000204. The number of ether oxygens (including phenoxy) is 4. The molecule has 31 heavy (non-hydrogen) atoms. The molecule has 5 nitrogen and oxygen atoms in total. The zero-order valence-electron chi connectivity index (χ0n) is 17.1. The highest BCUT2D eigenvalue weighted by molar-refractivity contribution is 7.08. The van der Waals surface area contributed by atoms with E-state index >= 15 is 0 Å². The van der Waals surface area contributed by atoms with Gasteiger partial charge in [0.05, 0.1) is 25.2 Å². The molecule has 2 aliphatic rings. The van der Waals surface area contributed by atoms with Crippen molar-refractivity contribution in [3.63, 3.8) is 0 Å². The summed E-state index contributed by atoms with van der Waals surface area (Å²) in [5.74, 6) is 3.16. The molecule has 0 bridgehead atoms. The summed E-state index contributed by atoms with van der Waals surface area (Å²) in [4.78, 5) is 0. The predicted molar refractivity (Wildman–Crippen MR) is 116 cm³/mol. The molecule has 4 aromatic rings. The minimum Gasteiger partial charge on any atom is -1.00 e. The normalized spacial score (nSPS) is 13.4. The third-order valence-corrected chi connectivity index (χ3v) is 6.64. The zero-order valence-corrected chi connectivity index (χ0v) is 18.7. The first-order valence-electron chi connectivity index (χ1n) is 9.84. The smallest absolute Gasteiger partial charge is 0.231 e. The molecule has 0 atom stereocenters. The molecular formula is C24H20ClNO4S. The molecule has 0 aliphatic carbocycles. The van der Waals surface area contributed by atoms with E-state index in [1.807, 2.05) is 0 Å². The average molecular weight is 454 g/mol. The first-order valence-corrected chi connectivity index (χ1v) is 10.8. The fourth-order valence-electron chi connectivity index (χ4n) is 4.51. The number of nitrogens with zero attached hydrogens (tertiary/aromatic N) is 1. The fourth-order valence-corrected chi connectivity index (χ4v) is 5.17. The number of fused-ring (bicyclic) bond motifs is 5. The van der Waals surface area contributed by atoms with Crippen LogP contribution in [0, 0.1) is 0 Å². The monoisotopic (exact) mass is 453 g/mol. The van der Waals surface area contributed by atoms with Crippen molar-refractivity contribution in [2.45, 2.75) is 13.0 Å². The van der Waals surface area contributed by atoms with Gasteiger partial charge >= 0.3 is 0 Å². The number of benzene rings is 2. The molecular weight excluding hydrogens is 434 g/mol. The number of hydrogen-bond donors (Lipinski definition) is 0. The second-order valence-corrected chi connectivity index (χ2v) is 8.24. The van der Waals surface area contributed by atoms with Gasteiger partial charge in [0.1, 0.15) is 0 Å². The van der Waals surface area contributed by atoms with E-state index in [1.165, 1.54) is 22.4 Å². The molecule has 0 saturated heterocycles. The van der Waals surface area contributed by atoms with Crippen molar-refractivity contribution in [3.8, 4) is 45.4 Å². The molecule has 4 heterocycles. The summed E-state index contributed by atoms with van der Waals surface area (Å²) in [5.41, 5.74) is 5.97. The van der Waals surface area contributed by atoms with Crippen LogP contribution in [-0.4, -0.2) is 21.0 Å². The van der Waals surface area contributed by atoms with Crippen LogP contribution in [0.25, 0.3) is 33.2 Å². The first kappa shape index (κ1) is 20.0.